The average Bonchev–Trinajstić information content (AvgIpc) is 2.36. The monoisotopic (exact) mass is 271 g/mol. The van der Waals surface area contributed by atoms with E-state index in [1.54, 1.807) is 0 Å². The van der Waals surface area contributed by atoms with Gasteiger partial charge in [0.1, 0.15) is 5.82 Å². The van der Waals surface area contributed by atoms with Gasteiger partial charge in [0.05, 0.1) is 6.04 Å². The third-order valence-electron chi connectivity index (χ3n) is 3.56. The number of benzene rings is 2. The predicted molar refractivity (Wildman–Crippen MR) is 82.3 cm³/mol. The first-order valence-electron chi connectivity index (χ1n) is 6.90. The highest BCUT2D eigenvalue weighted by Gasteiger charge is 2.15. The summed E-state index contributed by atoms with van der Waals surface area (Å²) in [4.78, 5) is 0. The predicted octanol–water partition coefficient (Wildman–Crippen LogP) is 4.48. The van der Waals surface area contributed by atoms with Crippen molar-refractivity contribution in [3.8, 4) is 0 Å². The smallest absolute Gasteiger partial charge is 0.123 e. The molecule has 0 heterocycles. The minimum Gasteiger partial charge on any atom is -0.320 e. The van der Waals surface area contributed by atoms with Crippen LogP contribution in [-0.4, -0.2) is 0 Å². The number of aryl methyl sites for hydroxylation is 1. The Morgan fingerprint density at radius 1 is 0.950 bits per heavy atom. The van der Waals surface area contributed by atoms with Crippen molar-refractivity contribution in [2.75, 3.05) is 0 Å². The van der Waals surface area contributed by atoms with E-state index < -0.39 is 0 Å². The number of hydrogen-bond acceptors (Lipinski definition) is 1. The molecule has 1 atom stereocenters. The van der Waals surface area contributed by atoms with Gasteiger partial charge in [-0.25, -0.2) is 4.39 Å². The molecular formula is C18H22FN. The third-order valence-corrected chi connectivity index (χ3v) is 3.56. The zero-order valence-electron chi connectivity index (χ0n) is 12.6. The van der Waals surface area contributed by atoms with Gasteiger partial charge >= 0.3 is 0 Å². The summed E-state index contributed by atoms with van der Waals surface area (Å²) < 4.78 is 13.5. The van der Waals surface area contributed by atoms with Crippen LogP contribution in [0.5, 0.6) is 0 Å². The SMILES string of the molecule is Cc1cc(F)cc(C(N)c2ccc(C(C)(C)C)cc2)c1. The molecule has 2 heteroatoms. The van der Waals surface area contributed by atoms with E-state index in [9.17, 15) is 4.39 Å². The van der Waals surface area contributed by atoms with Gasteiger partial charge in [0.15, 0.2) is 0 Å². The minimum absolute atomic E-state index is 0.123. The Morgan fingerprint density at radius 3 is 2.05 bits per heavy atom. The maximum atomic E-state index is 13.5. The largest absolute Gasteiger partial charge is 0.320 e. The van der Waals surface area contributed by atoms with Crippen molar-refractivity contribution in [3.05, 3.63) is 70.5 Å². The maximum Gasteiger partial charge on any atom is 0.123 e. The van der Waals surface area contributed by atoms with Crippen LogP contribution in [0, 0.1) is 12.7 Å². The van der Waals surface area contributed by atoms with Gasteiger partial charge in [0.25, 0.3) is 0 Å². The number of hydrogen-bond donors (Lipinski definition) is 1. The normalized spacial score (nSPS) is 13.3. The van der Waals surface area contributed by atoms with Gasteiger partial charge in [0, 0.05) is 0 Å². The van der Waals surface area contributed by atoms with Crippen molar-refractivity contribution < 1.29 is 4.39 Å². The molecule has 2 rings (SSSR count). The van der Waals surface area contributed by atoms with Crippen LogP contribution in [0.4, 0.5) is 4.39 Å². The van der Waals surface area contributed by atoms with Gasteiger partial charge in [-0.2, -0.15) is 0 Å². The fourth-order valence-corrected chi connectivity index (χ4v) is 2.33. The molecule has 2 aromatic rings. The summed E-state index contributed by atoms with van der Waals surface area (Å²) in [5.74, 6) is -0.234. The van der Waals surface area contributed by atoms with E-state index in [0.717, 1.165) is 16.7 Å². The van der Waals surface area contributed by atoms with Crippen LogP contribution in [-0.2, 0) is 5.41 Å². The second-order valence-electron chi connectivity index (χ2n) is 6.41. The lowest BCUT2D eigenvalue weighted by Crippen LogP contribution is -2.14. The molecule has 0 radical (unpaired) electrons. The molecule has 0 aromatic heterocycles. The van der Waals surface area contributed by atoms with Crippen LogP contribution in [0.25, 0.3) is 0 Å². The second-order valence-corrected chi connectivity index (χ2v) is 6.41. The first-order valence-corrected chi connectivity index (χ1v) is 6.90. The molecule has 0 saturated carbocycles. The van der Waals surface area contributed by atoms with Crippen LogP contribution >= 0.6 is 0 Å². The fraction of sp³-hybridized carbons (Fsp3) is 0.333. The summed E-state index contributed by atoms with van der Waals surface area (Å²) in [7, 11) is 0. The molecule has 0 spiro atoms. The molecule has 0 saturated heterocycles. The van der Waals surface area contributed by atoms with Crippen molar-refractivity contribution in [3.63, 3.8) is 0 Å². The van der Waals surface area contributed by atoms with Gasteiger partial charge in [-0.15, -0.1) is 0 Å². The molecule has 20 heavy (non-hydrogen) atoms. The summed E-state index contributed by atoms with van der Waals surface area (Å²) in [6.45, 7) is 8.41. The molecule has 0 aliphatic carbocycles. The topological polar surface area (TPSA) is 26.0 Å². The van der Waals surface area contributed by atoms with E-state index >= 15 is 0 Å². The standard InChI is InChI=1S/C18H22FN/c1-12-9-14(11-16(19)10-12)17(20)13-5-7-15(8-6-13)18(2,3)4/h5-11,17H,20H2,1-4H3. The first kappa shape index (κ1) is 14.7. The summed E-state index contributed by atoms with van der Waals surface area (Å²) in [5, 5.41) is 0. The van der Waals surface area contributed by atoms with Crippen molar-refractivity contribution in [1.29, 1.82) is 0 Å². The fourth-order valence-electron chi connectivity index (χ4n) is 2.33. The van der Waals surface area contributed by atoms with Crippen molar-refractivity contribution >= 4 is 0 Å². The molecule has 0 aliphatic rings. The first-order chi connectivity index (χ1) is 9.27. The summed E-state index contributed by atoms with van der Waals surface area (Å²) in [5.41, 5.74) is 10.3. The van der Waals surface area contributed by atoms with Crippen molar-refractivity contribution in [1.82, 2.24) is 0 Å². The lowest BCUT2D eigenvalue weighted by Gasteiger charge is -2.20. The Hall–Kier alpha value is -1.67. The minimum atomic E-state index is -0.293. The van der Waals surface area contributed by atoms with E-state index in [4.69, 9.17) is 5.73 Å². The molecule has 1 nitrogen and oxygen atoms in total. The summed E-state index contributed by atoms with van der Waals surface area (Å²) in [6, 6.07) is 12.9. The maximum absolute atomic E-state index is 13.5. The Labute approximate surface area is 120 Å². The zero-order chi connectivity index (χ0) is 14.9. The second kappa shape index (κ2) is 5.37. The molecule has 0 bridgehead atoms. The molecule has 0 fully saturated rings. The Bertz CT molecular complexity index is 574. The van der Waals surface area contributed by atoms with Gasteiger partial charge in [-0.3, -0.25) is 0 Å². The highest BCUT2D eigenvalue weighted by Crippen LogP contribution is 2.26. The van der Waals surface area contributed by atoms with Crippen LogP contribution < -0.4 is 5.73 Å². The molecule has 0 aliphatic heterocycles. The molecular weight excluding hydrogens is 249 g/mol. The quantitative estimate of drug-likeness (QED) is 0.856. The average molecular weight is 271 g/mol. The third kappa shape index (κ3) is 3.26. The van der Waals surface area contributed by atoms with Gasteiger partial charge < -0.3 is 5.73 Å². The summed E-state index contributed by atoms with van der Waals surface area (Å²) in [6.07, 6.45) is 0. The lowest BCUT2D eigenvalue weighted by molar-refractivity contribution is 0.589. The highest BCUT2D eigenvalue weighted by molar-refractivity contribution is 5.36. The molecule has 2 N–H and O–H groups in total. The molecule has 2 aromatic carbocycles. The number of nitrogens with two attached hydrogens (primary N) is 1. The van der Waals surface area contributed by atoms with Crippen LogP contribution in [0.3, 0.4) is 0 Å². The van der Waals surface area contributed by atoms with E-state index in [0.29, 0.717) is 0 Å². The number of rotatable bonds is 2. The Morgan fingerprint density at radius 2 is 1.55 bits per heavy atom. The molecule has 0 amide bonds. The highest BCUT2D eigenvalue weighted by atomic mass is 19.1. The van der Waals surface area contributed by atoms with Crippen LogP contribution in [0.15, 0.2) is 42.5 Å². The Balaban J connectivity index is 2.31. The van der Waals surface area contributed by atoms with Gasteiger partial charge in [0.2, 0.25) is 0 Å². The van der Waals surface area contributed by atoms with E-state index in [-0.39, 0.29) is 17.3 Å². The van der Waals surface area contributed by atoms with E-state index in [2.05, 4.69) is 32.9 Å². The van der Waals surface area contributed by atoms with E-state index in [1.807, 2.05) is 25.1 Å². The Kier molecular flexibility index (Phi) is 3.96. The van der Waals surface area contributed by atoms with Gasteiger partial charge in [-0.05, 0) is 46.7 Å². The van der Waals surface area contributed by atoms with Crippen molar-refractivity contribution in [2.24, 2.45) is 5.73 Å². The lowest BCUT2D eigenvalue weighted by atomic mass is 9.86. The molecule has 106 valence electrons. The summed E-state index contributed by atoms with van der Waals surface area (Å²) >= 11 is 0. The van der Waals surface area contributed by atoms with Crippen LogP contribution in [0.2, 0.25) is 0 Å². The van der Waals surface area contributed by atoms with Crippen LogP contribution in [0.1, 0.15) is 49.1 Å². The number of halogens is 1. The van der Waals surface area contributed by atoms with Gasteiger partial charge in [-0.1, -0.05) is 51.1 Å². The zero-order valence-corrected chi connectivity index (χ0v) is 12.6. The molecule has 1 unspecified atom stereocenters. The van der Waals surface area contributed by atoms with Crippen molar-refractivity contribution in [2.45, 2.75) is 39.2 Å². The van der Waals surface area contributed by atoms with E-state index in [1.165, 1.54) is 17.7 Å².